The van der Waals surface area contributed by atoms with Crippen LogP contribution >= 0.6 is 22.6 Å². The highest BCUT2D eigenvalue weighted by atomic mass is 127. The van der Waals surface area contributed by atoms with Gasteiger partial charge in [0.05, 0.1) is 6.04 Å². The molecule has 1 aromatic carbocycles. The van der Waals surface area contributed by atoms with Gasteiger partial charge in [-0.15, -0.1) is 0 Å². The number of rotatable bonds is 2. The largest absolute Gasteiger partial charge is 0.326 e. The van der Waals surface area contributed by atoms with Gasteiger partial charge in [0, 0.05) is 15.7 Å². The summed E-state index contributed by atoms with van der Waals surface area (Å²) >= 11 is 2.35. The molecule has 0 amide bonds. The van der Waals surface area contributed by atoms with Gasteiger partial charge in [-0.25, -0.2) is 0 Å². The number of benzene rings is 1. The first-order valence-electron chi connectivity index (χ1n) is 6.36. The second kappa shape index (κ2) is 5.67. The molecule has 2 nitrogen and oxygen atoms in total. The SMILES string of the molecule is CC(C)N1CCCC(N)C1c1ccc(I)cc1. The average Bonchev–Trinajstić information content (AvgIpc) is 2.30. The molecule has 3 heteroatoms. The van der Waals surface area contributed by atoms with Crippen molar-refractivity contribution in [1.82, 2.24) is 4.90 Å². The van der Waals surface area contributed by atoms with Crippen LogP contribution in [0.2, 0.25) is 0 Å². The van der Waals surface area contributed by atoms with Gasteiger partial charge in [-0.1, -0.05) is 12.1 Å². The molecule has 0 saturated carbocycles. The van der Waals surface area contributed by atoms with Crippen LogP contribution in [0.4, 0.5) is 0 Å². The number of piperidine rings is 1. The summed E-state index contributed by atoms with van der Waals surface area (Å²) < 4.78 is 1.28. The Bertz CT molecular complexity index is 361. The molecule has 1 aliphatic rings. The molecule has 0 aliphatic carbocycles. The first-order chi connectivity index (χ1) is 8.09. The van der Waals surface area contributed by atoms with Crippen molar-refractivity contribution in [3.05, 3.63) is 33.4 Å². The Morgan fingerprint density at radius 2 is 1.94 bits per heavy atom. The van der Waals surface area contributed by atoms with Crippen LogP contribution in [-0.4, -0.2) is 23.5 Å². The van der Waals surface area contributed by atoms with Gasteiger partial charge in [-0.05, 0) is 73.5 Å². The Kier molecular flexibility index (Phi) is 4.44. The minimum atomic E-state index is 0.270. The van der Waals surface area contributed by atoms with Crippen molar-refractivity contribution in [2.75, 3.05) is 6.54 Å². The molecule has 17 heavy (non-hydrogen) atoms. The third kappa shape index (κ3) is 3.01. The first-order valence-corrected chi connectivity index (χ1v) is 7.44. The second-order valence-electron chi connectivity index (χ2n) is 5.13. The van der Waals surface area contributed by atoms with Crippen LogP contribution in [0, 0.1) is 3.57 Å². The van der Waals surface area contributed by atoms with Gasteiger partial charge < -0.3 is 5.73 Å². The summed E-state index contributed by atoms with van der Waals surface area (Å²) in [6, 6.07) is 10.0. The number of nitrogens with two attached hydrogens (primary N) is 1. The van der Waals surface area contributed by atoms with Crippen molar-refractivity contribution in [2.24, 2.45) is 5.73 Å². The average molecular weight is 344 g/mol. The smallest absolute Gasteiger partial charge is 0.0501 e. The van der Waals surface area contributed by atoms with E-state index in [9.17, 15) is 0 Å². The molecule has 0 radical (unpaired) electrons. The summed E-state index contributed by atoms with van der Waals surface area (Å²) in [5.74, 6) is 0. The minimum absolute atomic E-state index is 0.270. The van der Waals surface area contributed by atoms with Crippen molar-refractivity contribution in [1.29, 1.82) is 0 Å². The van der Waals surface area contributed by atoms with Crippen LogP contribution in [0.3, 0.4) is 0 Å². The molecule has 1 heterocycles. The molecule has 2 atom stereocenters. The van der Waals surface area contributed by atoms with E-state index in [1.54, 1.807) is 0 Å². The number of likely N-dealkylation sites (tertiary alicyclic amines) is 1. The highest BCUT2D eigenvalue weighted by Gasteiger charge is 2.31. The Labute approximate surface area is 118 Å². The number of nitrogens with zero attached hydrogens (tertiary/aromatic N) is 1. The van der Waals surface area contributed by atoms with Crippen molar-refractivity contribution in [3.8, 4) is 0 Å². The monoisotopic (exact) mass is 344 g/mol. The van der Waals surface area contributed by atoms with E-state index in [0.29, 0.717) is 12.1 Å². The lowest BCUT2D eigenvalue weighted by Crippen LogP contribution is -2.48. The van der Waals surface area contributed by atoms with Gasteiger partial charge in [-0.2, -0.15) is 0 Å². The molecule has 0 spiro atoms. The standard InChI is InChI=1S/C14H21IN2/c1-10(2)17-9-3-4-13(16)14(17)11-5-7-12(15)8-6-11/h5-8,10,13-14H,3-4,9,16H2,1-2H3. The van der Waals surface area contributed by atoms with E-state index in [1.807, 2.05) is 0 Å². The summed E-state index contributed by atoms with van der Waals surface area (Å²) in [4.78, 5) is 2.54. The maximum atomic E-state index is 6.33. The lowest BCUT2D eigenvalue weighted by Gasteiger charge is -2.42. The zero-order chi connectivity index (χ0) is 12.4. The molecule has 1 saturated heterocycles. The fourth-order valence-electron chi connectivity index (χ4n) is 2.73. The molecule has 1 fully saturated rings. The predicted molar refractivity (Wildman–Crippen MR) is 81.0 cm³/mol. The van der Waals surface area contributed by atoms with Gasteiger partial charge >= 0.3 is 0 Å². The topological polar surface area (TPSA) is 29.3 Å². The van der Waals surface area contributed by atoms with Gasteiger partial charge in [-0.3, -0.25) is 4.90 Å². The zero-order valence-corrected chi connectivity index (χ0v) is 12.7. The minimum Gasteiger partial charge on any atom is -0.326 e. The van der Waals surface area contributed by atoms with Crippen LogP contribution in [0.1, 0.15) is 38.3 Å². The second-order valence-corrected chi connectivity index (χ2v) is 6.38. The Hall–Kier alpha value is -0.130. The highest BCUT2D eigenvalue weighted by Crippen LogP contribution is 2.31. The van der Waals surface area contributed by atoms with E-state index in [-0.39, 0.29) is 6.04 Å². The number of halogens is 1. The van der Waals surface area contributed by atoms with E-state index in [2.05, 4.69) is 65.6 Å². The van der Waals surface area contributed by atoms with Crippen LogP contribution in [0.25, 0.3) is 0 Å². The van der Waals surface area contributed by atoms with Gasteiger partial charge in [0.25, 0.3) is 0 Å². The molecule has 2 unspecified atom stereocenters. The molecule has 1 aliphatic heterocycles. The maximum Gasteiger partial charge on any atom is 0.0501 e. The van der Waals surface area contributed by atoms with E-state index >= 15 is 0 Å². The summed E-state index contributed by atoms with van der Waals surface area (Å²) in [6.07, 6.45) is 2.36. The summed E-state index contributed by atoms with van der Waals surface area (Å²) in [5.41, 5.74) is 7.70. The molecule has 0 aromatic heterocycles. The molecule has 1 aromatic rings. The first kappa shape index (κ1) is 13.3. The number of hydrogen-bond donors (Lipinski definition) is 1. The third-order valence-electron chi connectivity index (χ3n) is 3.59. The van der Waals surface area contributed by atoms with Gasteiger partial charge in [0.15, 0.2) is 0 Å². The van der Waals surface area contributed by atoms with E-state index in [4.69, 9.17) is 5.73 Å². The Morgan fingerprint density at radius 3 is 2.53 bits per heavy atom. The van der Waals surface area contributed by atoms with Crippen LogP contribution in [0.5, 0.6) is 0 Å². The molecule has 2 N–H and O–H groups in total. The van der Waals surface area contributed by atoms with Crippen molar-refractivity contribution >= 4 is 22.6 Å². The van der Waals surface area contributed by atoms with Crippen molar-refractivity contribution in [3.63, 3.8) is 0 Å². The molecule has 2 rings (SSSR count). The van der Waals surface area contributed by atoms with Crippen LogP contribution in [-0.2, 0) is 0 Å². The van der Waals surface area contributed by atoms with Crippen LogP contribution < -0.4 is 5.73 Å². The van der Waals surface area contributed by atoms with Crippen molar-refractivity contribution in [2.45, 2.75) is 44.8 Å². The van der Waals surface area contributed by atoms with Crippen molar-refractivity contribution < 1.29 is 0 Å². The maximum absolute atomic E-state index is 6.33. The normalized spacial score (nSPS) is 26.4. The van der Waals surface area contributed by atoms with Gasteiger partial charge in [0.1, 0.15) is 0 Å². The molecular formula is C14H21IN2. The Morgan fingerprint density at radius 1 is 1.29 bits per heavy atom. The summed E-state index contributed by atoms with van der Waals surface area (Å²) in [7, 11) is 0. The van der Waals surface area contributed by atoms with E-state index < -0.39 is 0 Å². The summed E-state index contributed by atoms with van der Waals surface area (Å²) in [6.45, 7) is 5.69. The lowest BCUT2D eigenvalue weighted by molar-refractivity contribution is 0.0947. The summed E-state index contributed by atoms with van der Waals surface area (Å²) in [5, 5.41) is 0. The lowest BCUT2D eigenvalue weighted by atomic mass is 9.90. The zero-order valence-electron chi connectivity index (χ0n) is 10.6. The fourth-order valence-corrected chi connectivity index (χ4v) is 3.09. The van der Waals surface area contributed by atoms with E-state index in [0.717, 1.165) is 6.42 Å². The fraction of sp³-hybridized carbons (Fsp3) is 0.571. The molecular weight excluding hydrogens is 323 g/mol. The quantitative estimate of drug-likeness (QED) is 0.835. The highest BCUT2D eigenvalue weighted by molar-refractivity contribution is 14.1. The third-order valence-corrected chi connectivity index (χ3v) is 4.31. The van der Waals surface area contributed by atoms with Gasteiger partial charge in [0.2, 0.25) is 0 Å². The van der Waals surface area contributed by atoms with Crippen LogP contribution in [0.15, 0.2) is 24.3 Å². The molecule has 94 valence electrons. The van der Waals surface area contributed by atoms with E-state index in [1.165, 1.54) is 22.1 Å². The number of hydrogen-bond acceptors (Lipinski definition) is 2. The predicted octanol–water partition coefficient (Wildman–Crippen LogP) is 3.16. The molecule has 0 bridgehead atoms. The Balaban J connectivity index is 2.27.